The number of nitrogens with zero attached hydrogens (tertiary/aromatic N) is 1. The van der Waals surface area contributed by atoms with Crippen molar-refractivity contribution in [2.45, 2.75) is 38.4 Å². The molecule has 1 aromatic carbocycles. The highest BCUT2D eigenvalue weighted by molar-refractivity contribution is 7.90. The van der Waals surface area contributed by atoms with Crippen molar-refractivity contribution >= 4 is 20.7 Å². The third-order valence-electron chi connectivity index (χ3n) is 3.94. The second kappa shape index (κ2) is 5.81. The van der Waals surface area contributed by atoms with E-state index < -0.39 is 9.84 Å². The van der Waals surface area contributed by atoms with Crippen LogP contribution in [0.2, 0.25) is 0 Å². The summed E-state index contributed by atoms with van der Waals surface area (Å²) < 4.78 is 24.9. The van der Waals surface area contributed by atoms with Gasteiger partial charge in [-0.1, -0.05) is 18.2 Å². The molecule has 0 amide bonds. The van der Waals surface area contributed by atoms with Crippen molar-refractivity contribution in [1.29, 1.82) is 0 Å². The summed E-state index contributed by atoms with van der Waals surface area (Å²) in [6.07, 6.45) is 4.51. The molecule has 1 aromatic heterocycles. The molecule has 1 heterocycles. The quantitative estimate of drug-likeness (QED) is 0.854. The molecule has 0 aliphatic heterocycles. The fourth-order valence-electron chi connectivity index (χ4n) is 2.70. The number of fused-ring (bicyclic) bond motifs is 1. The van der Waals surface area contributed by atoms with E-state index in [1.54, 1.807) is 0 Å². The van der Waals surface area contributed by atoms with Crippen molar-refractivity contribution in [2.24, 2.45) is 0 Å². The topological polar surface area (TPSA) is 51.1 Å². The first kappa shape index (κ1) is 14.6. The number of rotatable bonds is 7. The van der Waals surface area contributed by atoms with Crippen molar-refractivity contribution in [2.75, 3.05) is 12.0 Å². The van der Waals surface area contributed by atoms with Gasteiger partial charge in [-0.25, -0.2) is 8.42 Å². The number of nitrogens with one attached hydrogen (secondary N) is 1. The van der Waals surface area contributed by atoms with Gasteiger partial charge in [0.2, 0.25) is 0 Å². The molecule has 1 fully saturated rings. The Morgan fingerprint density at radius 2 is 2.05 bits per heavy atom. The van der Waals surface area contributed by atoms with E-state index in [2.05, 4.69) is 28.1 Å². The number of aryl methyl sites for hydroxylation is 1. The van der Waals surface area contributed by atoms with E-state index in [9.17, 15) is 8.42 Å². The van der Waals surface area contributed by atoms with Crippen LogP contribution >= 0.6 is 0 Å². The minimum absolute atomic E-state index is 0.245. The van der Waals surface area contributed by atoms with Crippen LogP contribution in [-0.2, 0) is 22.9 Å². The summed E-state index contributed by atoms with van der Waals surface area (Å²) in [4.78, 5) is 0. The Labute approximate surface area is 126 Å². The number of benzene rings is 1. The lowest BCUT2D eigenvalue weighted by molar-refractivity contribution is 0.585. The van der Waals surface area contributed by atoms with Crippen LogP contribution < -0.4 is 5.32 Å². The molecule has 0 saturated heterocycles. The first-order valence-corrected chi connectivity index (χ1v) is 9.57. The highest BCUT2D eigenvalue weighted by atomic mass is 32.2. The molecular formula is C16H22N2O2S. The molecule has 0 unspecified atom stereocenters. The summed E-state index contributed by atoms with van der Waals surface area (Å²) >= 11 is 0. The van der Waals surface area contributed by atoms with Crippen molar-refractivity contribution < 1.29 is 8.42 Å². The Hall–Kier alpha value is -1.33. The van der Waals surface area contributed by atoms with Crippen LogP contribution in [0.25, 0.3) is 10.9 Å². The molecule has 1 aliphatic carbocycles. The number of hydrogen-bond donors (Lipinski definition) is 1. The van der Waals surface area contributed by atoms with E-state index in [0.717, 1.165) is 13.1 Å². The molecule has 114 valence electrons. The largest absolute Gasteiger partial charge is 0.343 e. The average Bonchev–Trinajstić information content (AvgIpc) is 3.18. The molecule has 1 N–H and O–H groups in total. The summed E-state index contributed by atoms with van der Waals surface area (Å²) in [5, 5.41) is 4.77. The Bertz CT molecular complexity index is 730. The van der Waals surface area contributed by atoms with E-state index in [1.165, 1.54) is 35.7 Å². The van der Waals surface area contributed by atoms with E-state index in [1.807, 2.05) is 12.1 Å². The zero-order chi connectivity index (χ0) is 14.9. The SMILES string of the molecule is CS(=O)(=O)CCCn1c(CNC2CC2)cc2ccccc21. The zero-order valence-corrected chi connectivity index (χ0v) is 13.2. The third kappa shape index (κ3) is 3.86. The Morgan fingerprint density at radius 1 is 1.29 bits per heavy atom. The standard InChI is InChI=1S/C16H22N2O2S/c1-21(19,20)10-4-9-18-15(12-17-14-7-8-14)11-13-5-2-3-6-16(13)18/h2-3,5-6,11,14,17H,4,7-10,12H2,1H3. The highest BCUT2D eigenvalue weighted by Gasteiger charge is 2.21. The van der Waals surface area contributed by atoms with Gasteiger partial charge in [0.1, 0.15) is 9.84 Å². The normalized spacial score (nSPS) is 15.7. The summed E-state index contributed by atoms with van der Waals surface area (Å²) in [5.74, 6) is 0.245. The van der Waals surface area contributed by atoms with Gasteiger partial charge >= 0.3 is 0 Å². The number of hydrogen-bond acceptors (Lipinski definition) is 3. The van der Waals surface area contributed by atoms with Gasteiger partial charge in [0, 0.05) is 36.6 Å². The summed E-state index contributed by atoms with van der Waals surface area (Å²) in [7, 11) is -2.89. The van der Waals surface area contributed by atoms with Gasteiger partial charge in [-0.2, -0.15) is 0 Å². The lowest BCUT2D eigenvalue weighted by Gasteiger charge is -2.11. The monoisotopic (exact) mass is 306 g/mol. The highest BCUT2D eigenvalue weighted by Crippen LogP contribution is 2.23. The maximum Gasteiger partial charge on any atom is 0.147 e. The Morgan fingerprint density at radius 3 is 2.76 bits per heavy atom. The molecule has 0 radical (unpaired) electrons. The molecule has 1 saturated carbocycles. The summed E-state index contributed by atoms with van der Waals surface area (Å²) in [5.41, 5.74) is 2.44. The van der Waals surface area contributed by atoms with Gasteiger partial charge in [0.25, 0.3) is 0 Å². The van der Waals surface area contributed by atoms with Crippen LogP contribution in [0, 0.1) is 0 Å². The number of sulfone groups is 1. The van der Waals surface area contributed by atoms with Crippen LogP contribution in [0.4, 0.5) is 0 Å². The van der Waals surface area contributed by atoms with Gasteiger partial charge in [0.05, 0.1) is 5.75 Å². The Balaban J connectivity index is 1.80. The molecule has 0 atom stereocenters. The minimum Gasteiger partial charge on any atom is -0.343 e. The lowest BCUT2D eigenvalue weighted by Crippen LogP contribution is -2.18. The predicted octanol–water partition coefficient (Wildman–Crippen LogP) is 2.33. The second-order valence-corrected chi connectivity index (χ2v) is 8.24. The summed E-state index contributed by atoms with van der Waals surface area (Å²) in [6, 6.07) is 11.2. The molecule has 1 aliphatic rings. The van der Waals surface area contributed by atoms with Crippen LogP contribution in [-0.4, -0.2) is 31.0 Å². The Kier molecular flexibility index (Phi) is 4.04. The van der Waals surface area contributed by atoms with Crippen molar-refractivity contribution in [3.05, 3.63) is 36.0 Å². The van der Waals surface area contributed by atoms with E-state index in [0.29, 0.717) is 12.5 Å². The second-order valence-electron chi connectivity index (χ2n) is 5.98. The smallest absolute Gasteiger partial charge is 0.147 e. The van der Waals surface area contributed by atoms with Crippen LogP contribution in [0.5, 0.6) is 0 Å². The lowest BCUT2D eigenvalue weighted by atomic mass is 10.2. The van der Waals surface area contributed by atoms with Crippen molar-refractivity contribution in [3.8, 4) is 0 Å². The molecule has 0 bridgehead atoms. The van der Waals surface area contributed by atoms with Crippen molar-refractivity contribution in [3.63, 3.8) is 0 Å². The minimum atomic E-state index is -2.89. The van der Waals surface area contributed by atoms with E-state index >= 15 is 0 Å². The molecular weight excluding hydrogens is 284 g/mol. The van der Waals surface area contributed by atoms with Crippen LogP contribution in [0.15, 0.2) is 30.3 Å². The van der Waals surface area contributed by atoms with E-state index in [-0.39, 0.29) is 5.75 Å². The van der Waals surface area contributed by atoms with E-state index in [4.69, 9.17) is 0 Å². The van der Waals surface area contributed by atoms with Gasteiger partial charge in [-0.05, 0) is 36.8 Å². The van der Waals surface area contributed by atoms with Crippen LogP contribution in [0.1, 0.15) is 25.0 Å². The maximum absolute atomic E-state index is 11.3. The molecule has 21 heavy (non-hydrogen) atoms. The zero-order valence-electron chi connectivity index (χ0n) is 12.4. The van der Waals surface area contributed by atoms with Gasteiger partial charge in [-0.3, -0.25) is 0 Å². The predicted molar refractivity (Wildman–Crippen MR) is 86.1 cm³/mol. The molecule has 0 spiro atoms. The third-order valence-corrected chi connectivity index (χ3v) is 4.97. The average molecular weight is 306 g/mol. The number of para-hydroxylation sites is 1. The fraction of sp³-hybridized carbons (Fsp3) is 0.500. The molecule has 2 aromatic rings. The van der Waals surface area contributed by atoms with Crippen molar-refractivity contribution in [1.82, 2.24) is 9.88 Å². The summed E-state index contributed by atoms with van der Waals surface area (Å²) in [6.45, 7) is 1.61. The first-order valence-electron chi connectivity index (χ1n) is 7.51. The number of aromatic nitrogens is 1. The van der Waals surface area contributed by atoms with Gasteiger partial charge < -0.3 is 9.88 Å². The first-order chi connectivity index (χ1) is 10.0. The van der Waals surface area contributed by atoms with Gasteiger partial charge in [0.15, 0.2) is 0 Å². The van der Waals surface area contributed by atoms with Crippen LogP contribution in [0.3, 0.4) is 0 Å². The van der Waals surface area contributed by atoms with Gasteiger partial charge in [-0.15, -0.1) is 0 Å². The molecule has 5 heteroatoms. The fourth-order valence-corrected chi connectivity index (χ4v) is 3.35. The molecule has 4 nitrogen and oxygen atoms in total. The maximum atomic E-state index is 11.3. The molecule has 3 rings (SSSR count).